The minimum Gasteiger partial charge on any atom is -0.497 e. The van der Waals surface area contributed by atoms with Crippen molar-refractivity contribution in [3.8, 4) is 17.0 Å². The maximum Gasteiger partial charge on any atom is 0.227 e. The van der Waals surface area contributed by atoms with Gasteiger partial charge < -0.3 is 9.64 Å². The molecule has 1 saturated heterocycles. The summed E-state index contributed by atoms with van der Waals surface area (Å²) in [6, 6.07) is 17.8. The fourth-order valence-electron chi connectivity index (χ4n) is 3.83. The van der Waals surface area contributed by atoms with E-state index in [1.165, 1.54) is 0 Å². The Hall–Kier alpha value is -3.21. The second kappa shape index (κ2) is 8.86. The Morgan fingerprint density at radius 1 is 1.14 bits per heavy atom. The van der Waals surface area contributed by atoms with E-state index >= 15 is 0 Å². The normalized spacial score (nSPS) is 16.4. The average Bonchev–Trinajstić information content (AvgIpc) is 2.80. The molecule has 2 aromatic carbocycles. The number of amides is 1. The van der Waals surface area contributed by atoms with Crippen LogP contribution in [0.15, 0.2) is 67.0 Å². The summed E-state index contributed by atoms with van der Waals surface area (Å²) in [5.74, 6) is 1.18. The smallest absolute Gasteiger partial charge is 0.227 e. The van der Waals surface area contributed by atoms with Gasteiger partial charge in [-0.1, -0.05) is 42.5 Å². The highest BCUT2D eigenvalue weighted by atomic mass is 16.5. The topological polar surface area (TPSA) is 55.3 Å². The quantitative estimate of drug-likeness (QED) is 0.661. The number of aromatic nitrogens is 2. The number of nitrogens with zero attached hydrogens (tertiary/aromatic N) is 3. The molecule has 1 aromatic heterocycles. The van der Waals surface area contributed by atoms with E-state index < -0.39 is 0 Å². The molecule has 0 bridgehead atoms. The zero-order valence-electron chi connectivity index (χ0n) is 16.6. The molecule has 0 N–H and O–H groups in total. The minimum absolute atomic E-state index is 0.179. The van der Waals surface area contributed by atoms with Crippen LogP contribution < -0.4 is 4.74 Å². The summed E-state index contributed by atoms with van der Waals surface area (Å²) in [6.45, 7) is 1.51. The molecule has 1 aliphatic rings. The Bertz CT molecular complexity index is 975. The molecule has 4 rings (SSSR count). The van der Waals surface area contributed by atoms with Crippen molar-refractivity contribution < 1.29 is 9.53 Å². The summed E-state index contributed by atoms with van der Waals surface area (Å²) in [6.07, 6.45) is 6.06. The number of rotatable bonds is 5. The fourth-order valence-corrected chi connectivity index (χ4v) is 3.83. The third-order valence-corrected chi connectivity index (χ3v) is 5.41. The van der Waals surface area contributed by atoms with Gasteiger partial charge in [0, 0.05) is 30.8 Å². The lowest BCUT2D eigenvalue weighted by molar-refractivity contribution is -0.131. The lowest BCUT2D eigenvalue weighted by atomic mass is 9.94. The summed E-state index contributed by atoms with van der Waals surface area (Å²) >= 11 is 0. The monoisotopic (exact) mass is 387 g/mol. The predicted octanol–water partition coefficient (Wildman–Crippen LogP) is 4.10. The van der Waals surface area contributed by atoms with Crippen molar-refractivity contribution in [1.82, 2.24) is 14.9 Å². The van der Waals surface area contributed by atoms with Gasteiger partial charge >= 0.3 is 0 Å². The minimum atomic E-state index is 0.179. The zero-order valence-corrected chi connectivity index (χ0v) is 16.6. The highest BCUT2D eigenvalue weighted by Crippen LogP contribution is 2.28. The number of piperidine rings is 1. The van der Waals surface area contributed by atoms with Gasteiger partial charge in [-0.15, -0.1) is 0 Å². The third-order valence-electron chi connectivity index (χ3n) is 5.41. The van der Waals surface area contributed by atoms with Gasteiger partial charge in [0.2, 0.25) is 5.91 Å². The first-order valence-electron chi connectivity index (χ1n) is 10.0. The predicted molar refractivity (Wildman–Crippen MR) is 113 cm³/mol. The molecule has 0 unspecified atom stereocenters. The first-order chi connectivity index (χ1) is 14.2. The van der Waals surface area contributed by atoms with Crippen molar-refractivity contribution in [3.63, 3.8) is 0 Å². The van der Waals surface area contributed by atoms with Crippen LogP contribution in [0.3, 0.4) is 0 Å². The summed E-state index contributed by atoms with van der Waals surface area (Å²) in [4.78, 5) is 24.0. The van der Waals surface area contributed by atoms with Gasteiger partial charge in [0.25, 0.3) is 0 Å². The lowest BCUT2D eigenvalue weighted by Gasteiger charge is -2.32. The number of likely N-dealkylation sites (tertiary alicyclic amines) is 1. The van der Waals surface area contributed by atoms with E-state index in [0.717, 1.165) is 47.7 Å². The number of methoxy groups -OCH3 is 1. The second-order valence-corrected chi connectivity index (χ2v) is 7.40. The zero-order chi connectivity index (χ0) is 20.1. The second-order valence-electron chi connectivity index (χ2n) is 7.40. The van der Waals surface area contributed by atoms with Crippen LogP contribution in [0.5, 0.6) is 5.75 Å². The fraction of sp³-hybridized carbons (Fsp3) is 0.292. The molecular formula is C24H25N3O2. The largest absolute Gasteiger partial charge is 0.497 e. The van der Waals surface area contributed by atoms with Crippen LogP contribution in [0.1, 0.15) is 30.0 Å². The first-order valence-corrected chi connectivity index (χ1v) is 10.0. The molecule has 3 aromatic rings. The van der Waals surface area contributed by atoms with Crippen LogP contribution in [-0.4, -0.2) is 41.0 Å². The molecule has 1 amide bonds. The SMILES string of the molecule is COc1cccc(-c2cncc([C@H]3CCCN(C(=O)Cc4ccccc4)C3)n2)c1. The Labute approximate surface area is 171 Å². The Balaban J connectivity index is 1.49. The summed E-state index contributed by atoms with van der Waals surface area (Å²) in [5.41, 5.74) is 3.81. The molecule has 1 fully saturated rings. The van der Waals surface area contributed by atoms with E-state index in [1.807, 2.05) is 65.7 Å². The van der Waals surface area contributed by atoms with E-state index in [-0.39, 0.29) is 11.8 Å². The molecule has 5 heteroatoms. The number of carbonyl (C=O) groups is 1. The van der Waals surface area contributed by atoms with Gasteiger partial charge in [0.05, 0.1) is 31.1 Å². The molecule has 0 aliphatic carbocycles. The van der Waals surface area contributed by atoms with Gasteiger partial charge in [0.1, 0.15) is 5.75 Å². The summed E-state index contributed by atoms with van der Waals surface area (Å²) in [5, 5.41) is 0. The molecule has 1 aliphatic heterocycles. The van der Waals surface area contributed by atoms with E-state index in [1.54, 1.807) is 13.3 Å². The van der Waals surface area contributed by atoms with E-state index in [4.69, 9.17) is 9.72 Å². The van der Waals surface area contributed by atoms with E-state index in [0.29, 0.717) is 13.0 Å². The maximum absolute atomic E-state index is 12.8. The standard InChI is InChI=1S/C24H25N3O2/c1-29-21-11-5-9-19(14-21)22-15-25-16-23(26-22)20-10-6-12-27(17-20)24(28)13-18-7-3-2-4-8-18/h2-5,7-9,11,14-16,20H,6,10,12-13,17H2,1H3/t20-/m0/s1. The molecule has 29 heavy (non-hydrogen) atoms. The van der Waals surface area contributed by atoms with Crippen molar-refractivity contribution in [2.45, 2.75) is 25.2 Å². The van der Waals surface area contributed by atoms with Crippen molar-refractivity contribution in [2.24, 2.45) is 0 Å². The van der Waals surface area contributed by atoms with Crippen molar-refractivity contribution in [3.05, 3.63) is 78.2 Å². The van der Waals surface area contributed by atoms with Gasteiger partial charge in [-0.25, -0.2) is 4.98 Å². The van der Waals surface area contributed by atoms with Crippen LogP contribution in [0.2, 0.25) is 0 Å². The Kier molecular flexibility index (Phi) is 5.84. The maximum atomic E-state index is 12.8. The van der Waals surface area contributed by atoms with Gasteiger partial charge in [-0.05, 0) is 30.5 Å². The molecular weight excluding hydrogens is 362 g/mol. The van der Waals surface area contributed by atoms with Gasteiger partial charge in [-0.3, -0.25) is 9.78 Å². The van der Waals surface area contributed by atoms with Crippen molar-refractivity contribution in [1.29, 1.82) is 0 Å². The van der Waals surface area contributed by atoms with Crippen molar-refractivity contribution >= 4 is 5.91 Å². The molecule has 1 atom stereocenters. The molecule has 0 radical (unpaired) electrons. The summed E-state index contributed by atoms with van der Waals surface area (Å²) < 4.78 is 5.32. The number of hydrogen-bond acceptors (Lipinski definition) is 4. The van der Waals surface area contributed by atoms with Gasteiger partial charge in [-0.2, -0.15) is 0 Å². The molecule has 148 valence electrons. The number of hydrogen-bond donors (Lipinski definition) is 0. The van der Waals surface area contributed by atoms with Crippen LogP contribution in [0.25, 0.3) is 11.3 Å². The molecule has 5 nitrogen and oxygen atoms in total. The van der Waals surface area contributed by atoms with E-state index in [2.05, 4.69) is 4.98 Å². The average molecular weight is 387 g/mol. The third kappa shape index (κ3) is 4.62. The Morgan fingerprint density at radius 2 is 2.00 bits per heavy atom. The van der Waals surface area contributed by atoms with E-state index in [9.17, 15) is 4.79 Å². The van der Waals surface area contributed by atoms with Crippen LogP contribution in [0, 0.1) is 0 Å². The van der Waals surface area contributed by atoms with Gasteiger partial charge in [0.15, 0.2) is 0 Å². The molecule has 0 spiro atoms. The number of carbonyl (C=O) groups excluding carboxylic acids is 1. The summed E-state index contributed by atoms with van der Waals surface area (Å²) in [7, 11) is 1.66. The highest BCUT2D eigenvalue weighted by molar-refractivity contribution is 5.79. The first kappa shape index (κ1) is 19.1. The molecule has 2 heterocycles. The number of ether oxygens (including phenoxy) is 1. The van der Waals surface area contributed by atoms with Crippen LogP contribution in [0.4, 0.5) is 0 Å². The number of benzene rings is 2. The van der Waals surface area contributed by atoms with Crippen molar-refractivity contribution in [2.75, 3.05) is 20.2 Å². The highest BCUT2D eigenvalue weighted by Gasteiger charge is 2.26. The van der Waals surface area contributed by atoms with Crippen LogP contribution in [-0.2, 0) is 11.2 Å². The molecule has 0 saturated carbocycles. The van der Waals surface area contributed by atoms with Crippen LogP contribution >= 0.6 is 0 Å². The Morgan fingerprint density at radius 3 is 2.83 bits per heavy atom. The lowest BCUT2D eigenvalue weighted by Crippen LogP contribution is -2.40.